The summed E-state index contributed by atoms with van der Waals surface area (Å²) in [5.74, 6) is -0.936. The molecule has 0 saturated carbocycles. The molecule has 0 unspecified atom stereocenters. The molecule has 0 spiro atoms. The molecule has 1 aromatic carbocycles. The van der Waals surface area contributed by atoms with Crippen molar-refractivity contribution < 1.29 is 14.9 Å². The van der Waals surface area contributed by atoms with Gasteiger partial charge < -0.3 is 5.11 Å². The van der Waals surface area contributed by atoms with Crippen LogP contribution in [0.5, 0.6) is 0 Å². The molecule has 0 fully saturated rings. The summed E-state index contributed by atoms with van der Waals surface area (Å²) in [6.45, 7) is 0. The fourth-order valence-corrected chi connectivity index (χ4v) is 1.75. The molecule has 0 amide bonds. The molecule has 1 aromatic heterocycles. The van der Waals surface area contributed by atoms with Crippen molar-refractivity contribution in [1.82, 2.24) is 4.98 Å². The summed E-state index contributed by atoms with van der Waals surface area (Å²) in [6, 6.07) is 8.62. The molecule has 2 aromatic rings. The number of aromatic amines is 1. The van der Waals surface area contributed by atoms with Crippen molar-refractivity contribution in [3.05, 3.63) is 58.6 Å². The molecule has 0 saturated heterocycles. The van der Waals surface area contributed by atoms with Gasteiger partial charge in [-0.1, -0.05) is 18.2 Å². The number of halogens is 2. The first kappa shape index (κ1) is 14.4. The van der Waals surface area contributed by atoms with E-state index in [0.717, 1.165) is 11.3 Å². The molecule has 1 heterocycles. The number of nitrogens with one attached hydrogen (secondary N) is 1. The zero-order valence-electron chi connectivity index (χ0n) is 9.26. The zero-order chi connectivity index (χ0) is 12.3. The van der Waals surface area contributed by atoms with Gasteiger partial charge in [-0.15, -0.1) is 12.4 Å². The Morgan fingerprint density at radius 2 is 2.06 bits per heavy atom. The number of nitrogens with zero attached hydrogens (tertiary/aromatic N) is 1. The molecule has 18 heavy (non-hydrogen) atoms. The molecule has 0 bridgehead atoms. The molecule has 0 aliphatic carbocycles. The van der Waals surface area contributed by atoms with Crippen molar-refractivity contribution >= 4 is 30.0 Å². The molecular formula is C12H11Cl2N2O2+. The minimum atomic E-state index is -0.936. The fraction of sp³-hybridized carbons (Fsp3) is 0.0833. The molecule has 0 radical (unpaired) electrons. The molecule has 2 N–H and O–H groups in total. The van der Waals surface area contributed by atoms with Crippen LogP contribution in [0.3, 0.4) is 0 Å². The monoisotopic (exact) mass is 285 g/mol. The van der Waals surface area contributed by atoms with Crippen LogP contribution in [0.25, 0.3) is 0 Å². The van der Waals surface area contributed by atoms with Crippen LogP contribution in [0.15, 0.2) is 36.5 Å². The maximum absolute atomic E-state index is 11.0. The number of aromatic nitrogens is 2. The maximum Gasteiger partial charge on any atom is 0.394 e. The quantitative estimate of drug-likeness (QED) is 0.880. The number of aromatic carboxylic acids is 1. The van der Waals surface area contributed by atoms with Gasteiger partial charge in [-0.25, -0.2) is 9.78 Å². The van der Waals surface area contributed by atoms with E-state index in [1.807, 2.05) is 0 Å². The summed E-state index contributed by atoms with van der Waals surface area (Å²) in [5, 5.41) is 9.33. The molecule has 0 atom stereocenters. The Hall–Kier alpha value is -1.65. The van der Waals surface area contributed by atoms with Crippen LogP contribution in [0.2, 0.25) is 5.28 Å². The highest BCUT2D eigenvalue weighted by atomic mass is 35.5. The SMILES string of the molecule is Cl.O=C(O)c1ccccc1Cc1cc[nH+]c(Cl)n1. The van der Waals surface area contributed by atoms with E-state index in [-0.39, 0.29) is 17.7 Å². The van der Waals surface area contributed by atoms with Crippen molar-refractivity contribution in [2.45, 2.75) is 6.42 Å². The topological polar surface area (TPSA) is 64.3 Å². The maximum atomic E-state index is 11.0. The third-order valence-electron chi connectivity index (χ3n) is 2.34. The largest absolute Gasteiger partial charge is 0.478 e. The molecule has 4 nitrogen and oxygen atoms in total. The van der Waals surface area contributed by atoms with Crippen LogP contribution in [-0.2, 0) is 6.42 Å². The van der Waals surface area contributed by atoms with E-state index in [2.05, 4.69) is 9.97 Å². The molecule has 2 rings (SSSR count). The lowest BCUT2D eigenvalue weighted by atomic mass is 10.0. The van der Waals surface area contributed by atoms with E-state index < -0.39 is 5.97 Å². The van der Waals surface area contributed by atoms with Gasteiger partial charge in [0.25, 0.3) is 0 Å². The smallest absolute Gasteiger partial charge is 0.394 e. The van der Waals surface area contributed by atoms with Crippen LogP contribution < -0.4 is 4.98 Å². The highest BCUT2D eigenvalue weighted by Crippen LogP contribution is 2.13. The average Bonchev–Trinajstić information content (AvgIpc) is 2.29. The third-order valence-corrected chi connectivity index (χ3v) is 2.53. The summed E-state index contributed by atoms with van der Waals surface area (Å²) in [6.07, 6.45) is 2.12. The van der Waals surface area contributed by atoms with Gasteiger partial charge >= 0.3 is 11.3 Å². The van der Waals surface area contributed by atoms with E-state index in [9.17, 15) is 4.79 Å². The van der Waals surface area contributed by atoms with Gasteiger partial charge in [0.1, 0.15) is 0 Å². The second kappa shape index (κ2) is 6.33. The number of hydrogen-bond acceptors (Lipinski definition) is 2. The average molecular weight is 286 g/mol. The van der Waals surface area contributed by atoms with Crippen molar-refractivity contribution in [2.24, 2.45) is 0 Å². The number of benzene rings is 1. The van der Waals surface area contributed by atoms with Crippen LogP contribution in [0, 0.1) is 0 Å². The van der Waals surface area contributed by atoms with Crippen LogP contribution in [0.1, 0.15) is 21.6 Å². The standard InChI is InChI=1S/C12H9ClN2O2.ClH/c13-12-14-6-5-9(15-12)7-8-3-1-2-4-10(8)11(16)17;/h1-6H,7H2,(H,16,17);1H/p+1. The van der Waals surface area contributed by atoms with Gasteiger partial charge in [-0.3, -0.25) is 0 Å². The van der Waals surface area contributed by atoms with Gasteiger partial charge in [0.05, 0.1) is 11.8 Å². The third kappa shape index (κ3) is 3.42. The summed E-state index contributed by atoms with van der Waals surface area (Å²) in [4.78, 5) is 17.8. The van der Waals surface area contributed by atoms with E-state index in [4.69, 9.17) is 16.7 Å². The Bertz CT molecular complexity index is 561. The zero-order valence-corrected chi connectivity index (χ0v) is 10.8. The lowest BCUT2D eigenvalue weighted by Crippen LogP contribution is -2.08. The van der Waals surface area contributed by atoms with Gasteiger partial charge in [-0.05, 0) is 16.6 Å². The number of rotatable bonds is 3. The number of carboxylic acids is 1. The van der Waals surface area contributed by atoms with Crippen molar-refractivity contribution in [2.75, 3.05) is 0 Å². The summed E-state index contributed by atoms with van der Waals surface area (Å²) in [5.41, 5.74) is 1.73. The van der Waals surface area contributed by atoms with Crippen molar-refractivity contribution in [3.63, 3.8) is 0 Å². The molecule has 0 aliphatic rings. The van der Waals surface area contributed by atoms with Crippen LogP contribution >= 0.6 is 24.0 Å². The number of H-pyrrole nitrogens is 1. The van der Waals surface area contributed by atoms with E-state index in [1.54, 1.807) is 36.5 Å². The first-order chi connectivity index (χ1) is 8.16. The van der Waals surface area contributed by atoms with Gasteiger partial charge in [0.2, 0.25) is 0 Å². The Morgan fingerprint density at radius 3 is 2.72 bits per heavy atom. The van der Waals surface area contributed by atoms with Crippen molar-refractivity contribution in [3.8, 4) is 0 Å². The Kier molecular flexibility index (Phi) is 5.07. The highest BCUT2D eigenvalue weighted by molar-refractivity contribution is 6.27. The number of carbonyl (C=O) groups is 1. The Morgan fingerprint density at radius 1 is 1.33 bits per heavy atom. The molecule has 6 heteroatoms. The summed E-state index contributed by atoms with van der Waals surface area (Å²) < 4.78 is 0. The lowest BCUT2D eigenvalue weighted by molar-refractivity contribution is -0.380. The molecular weight excluding hydrogens is 275 g/mol. The Labute approximate surface area is 115 Å². The van der Waals surface area contributed by atoms with E-state index in [1.165, 1.54) is 0 Å². The van der Waals surface area contributed by atoms with E-state index >= 15 is 0 Å². The van der Waals surface area contributed by atoms with Gasteiger partial charge in [0.15, 0.2) is 5.69 Å². The first-order valence-electron chi connectivity index (χ1n) is 5.01. The fourth-order valence-electron chi connectivity index (χ4n) is 1.58. The molecule has 94 valence electrons. The van der Waals surface area contributed by atoms with Crippen LogP contribution in [0.4, 0.5) is 0 Å². The lowest BCUT2D eigenvalue weighted by Gasteiger charge is -2.02. The highest BCUT2D eigenvalue weighted by Gasteiger charge is 2.13. The number of hydrogen-bond donors (Lipinski definition) is 1. The minimum Gasteiger partial charge on any atom is -0.478 e. The summed E-state index contributed by atoms with van der Waals surface area (Å²) >= 11 is 5.73. The normalized spacial score (nSPS) is 9.61. The minimum absolute atomic E-state index is 0. The summed E-state index contributed by atoms with van der Waals surface area (Å²) in [7, 11) is 0. The predicted octanol–water partition coefficient (Wildman–Crippen LogP) is 2.26. The number of carboxylic acid groups (broad SMARTS) is 1. The van der Waals surface area contributed by atoms with E-state index in [0.29, 0.717) is 12.0 Å². The van der Waals surface area contributed by atoms with Gasteiger partial charge in [0, 0.05) is 24.1 Å². The van der Waals surface area contributed by atoms with Gasteiger partial charge in [-0.2, -0.15) is 0 Å². The second-order valence-electron chi connectivity index (χ2n) is 3.51. The molecule has 0 aliphatic heterocycles. The second-order valence-corrected chi connectivity index (χ2v) is 3.87. The first-order valence-corrected chi connectivity index (χ1v) is 5.39. The Balaban J connectivity index is 0.00000162. The van der Waals surface area contributed by atoms with Crippen molar-refractivity contribution in [1.29, 1.82) is 0 Å². The predicted molar refractivity (Wildman–Crippen MR) is 69.3 cm³/mol. The van der Waals surface area contributed by atoms with Crippen LogP contribution in [-0.4, -0.2) is 16.1 Å².